The molecule has 1 aromatic heterocycles. The van der Waals surface area contributed by atoms with Crippen LogP contribution in [0.1, 0.15) is 26.2 Å². The van der Waals surface area contributed by atoms with Gasteiger partial charge in [-0.3, -0.25) is 4.79 Å². The molecule has 1 N–H and O–H groups in total. The topological polar surface area (TPSA) is 90.9 Å². The van der Waals surface area contributed by atoms with E-state index in [1.54, 1.807) is 18.0 Å². The van der Waals surface area contributed by atoms with E-state index in [2.05, 4.69) is 20.2 Å². The lowest BCUT2D eigenvalue weighted by atomic mass is 9.93. The third-order valence-electron chi connectivity index (χ3n) is 5.42. The van der Waals surface area contributed by atoms with E-state index in [0.717, 1.165) is 31.7 Å². The van der Waals surface area contributed by atoms with Gasteiger partial charge in [-0.15, -0.1) is 0 Å². The van der Waals surface area contributed by atoms with Crippen molar-refractivity contribution >= 4 is 23.8 Å². The number of carbonyl (C=O) groups excluding carboxylic acids is 2. The van der Waals surface area contributed by atoms with Crippen LogP contribution >= 0.6 is 0 Å². The van der Waals surface area contributed by atoms with Gasteiger partial charge >= 0.3 is 6.09 Å². The summed E-state index contributed by atoms with van der Waals surface area (Å²) in [7, 11) is 1.81. The van der Waals surface area contributed by atoms with Crippen LogP contribution in [0, 0.1) is 5.92 Å². The number of carbonyl (C=O) groups is 2. The van der Waals surface area contributed by atoms with E-state index in [1.807, 2.05) is 18.0 Å². The van der Waals surface area contributed by atoms with Crippen molar-refractivity contribution in [3.8, 4) is 0 Å². The molecule has 2 fully saturated rings. The molecule has 0 unspecified atom stereocenters. The fraction of sp³-hybridized carbons (Fsp3) is 0.684. The van der Waals surface area contributed by atoms with Crippen LogP contribution < -0.4 is 10.2 Å². The Morgan fingerprint density at radius 2 is 1.82 bits per heavy atom. The molecule has 3 rings (SSSR count). The van der Waals surface area contributed by atoms with E-state index in [9.17, 15) is 9.59 Å². The molecule has 28 heavy (non-hydrogen) atoms. The van der Waals surface area contributed by atoms with Crippen molar-refractivity contribution in [1.82, 2.24) is 19.8 Å². The number of piperidine rings is 1. The third-order valence-corrected chi connectivity index (χ3v) is 5.42. The molecule has 154 valence electrons. The van der Waals surface area contributed by atoms with Crippen LogP contribution in [0.15, 0.2) is 12.3 Å². The molecule has 0 atom stereocenters. The number of piperazine rings is 1. The van der Waals surface area contributed by atoms with Gasteiger partial charge in [0.05, 0.1) is 6.61 Å². The maximum Gasteiger partial charge on any atom is 0.409 e. The molecule has 9 heteroatoms. The van der Waals surface area contributed by atoms with Crippen LogP contribution in [0.3, 0.4) is 0 Å². The minimum atomic E-state index is -0.284. The predicted molar refractivity (Wildman–Crippen MR) is 106 cm³/mol. The predicted octanol–water partition coefficient (Wildman–Crippen LogP) is 1.43. The summed E-state index contributed by atoms with van der Waals surface area (Å²) < 4.78 is 5.03. The summed E-state index contributed by atoms with van der Waals surface area (Å²) in [5.74, 6) is 2.15. The standard InChI is InChI=1S/C19H30N6O3/c1-3-28-19(27)25-12-10-24(11-13-25)17(26)14-15-5-8-23(9-6-15)16-4-7-21-18(20-2)22-16/h4,7,15H,3,5-6,8-14H2,1-2H3,(H,20,21,22). The number of amides is 2. The number of nitrogens with zero attached hydrogens (tertiary/aromatic N) is 5. The molecule has 0 aliphatic carbocycles. The highest BCUT2D eigenvalue weighted by molar-refractivity contribution is 5.77. The third kappa shape index (κ3) is 5.02. The SMILES string of the molecule is CCOC(=O)N1CCN(C(=O)CC2CCN(c3ccnc(NC)n3)CC2)CC1. The summed E-state index contributed by atoms with van der Waals surface area (Å²) in [5.41, 5.74) is 0. The Morgan fingerprint density at radius 3 is 2.46 bits per heavy atom. The van der Waals surface area contributed by atoms with Gasteiger partial charge in [0.15, 0.2) is 0 Å². The van der Waals surface area contributed by atoms with E-state index in [0.29, 0.717) is 51.1 Å². The zero-order valence-electron chi connectivity index (χ0n) is 16.8. The molecule has 0 radical (unpaired) electrons. The molecule has 2 amide bonds. The Morgan fingerprint density at radius 1 is 1.14 bits per heavy atom. The number of hydrogen-bond donors (Lipinski definition) is 1. The van der Waals surface area contributed by atoms with Crippen LogP contribution in [0.25, 0.3) is 0 Å². The lowest BCUT2D eigenvalue weighted by Crippen LogP contribution is -2.51. The van der Waals surface area contributed by atoms with Gasteiger partial charge in [0.2, 0.25) is 11.9 Å². The van der Waals surface area contributed by atoms with E-state index >= 15 is 0 Å². The Bertz CT molecular complexity index is 669. The number of ether oxygens (including phenoxy) is 1. The largest absolute Gasteiger partial charge is 0.450 e. The average Bonchev–Trinajstić information content (AvgIpc) is 2.74. The van der Waals surface area contributed by atoms with Gasteiger partial charge in [0.25, 0.3) is 0 Å². The first-order valence-corrected chi connectivity index (χ1v) is 10.1. The molecule has 0 saturated carbocycles. The van der Waals surface area contributed by atoms with Gasteiger partial charge in [0.1, 0.15) is 5.82 Å². The van der Waals surface area contributed by atoms with Crippen molar-refractivity contribution in [2.24, 2.45) is 5.92 Å². The monoisotopic (exact) mass is 390 g/mol. The molecule has 2 saturated heterocycles. The van der Waals surface area contributed by atoms with Crippen LogP contribution in [0.4, 0.5) is 16.6 Å². The Balaban J connectivity index is 1.42. The fourth-order valence-electron chi connectivity index (χ4n) is 3.74. The minimum Gasteiger partial charge on any atom is -0.450 e. The van der Waals surface area contributed by atoms with Gasteiger partial charge in [-0.2, -0.15) is 4.98 Å². The summed E-state index contributed by atoms with van der Waals surface area (Å²) in [6.45, 7) is 6.24. The summed E-state index contributed by atoms with van der Waals surface area (Å²) >= 11 is 0. The summed E-state index contributed by atoms with van der Waals surface area (Å²) in [4.78, 5) is 38.9. The van der Waals surface area contributed by atoms with Gasteiger partial charge in [-0.1, -0.05) is 0 Å². The van der Waals surface area contributed by atoms with Crippen molar-refractivity contribution in [3.05, 3.63) is 12.3 Å². The summed E-state index contributed by atoms with van der Waals surface area (Å²) in [5, 5.41) is 2.96. The van der Waals surface area contributed by atoms with Crippen LogP contribution in [-0.4, -0.2) is 84.7 Å². The van der Waals surface area contributed by atoms with E-state index < -0.39 is 0 Å². The van der Waals surface area contributed by atoms with Gasteiger partial charge in [-0.25, -0.2) is 9.78 Å². The molecule has 1 aromatic rings. The Hall–Kier alpha value is -2.58. The molecule has 9 nitrogen and oxygen atoms in total. The van der Waals surface area contributed by atoms with Crippen molar-refractivity contribution in [3.63, 3.8) is 0 Å². The van der Waals surface area contributed by atoms with Crippen LogP contribution in [-0.2, 0) is 9.53 Å². The molecule has 2 aliphatic rings. The van der Waals surface area contributed by atoms with E-state index in [4.69, 9.17) is 4.74 Å². The first-order chi connectivity index (χ1) is 13.6. The maximum absolute atomic E-state index is 12.7. The van der Waals surface area contributed by atoms with Gasteiger partial charge < -0.3 is 24.8 Å². The Kier molecular flexibility index (Phi) is 6.89. The second-order valence-corrected chi connectivity index (χ2v) is 7.19. The molecule has 0 spiro atoms. The maximum atomic E-state index is 12.7. The second kappa shape index (κ2) is 9.57. The number of rotatable bonds is 5. The molecule has 3 heterocycles. The average molecular weight is 390 g/mol. The molecule has 0 bridgehead atoms. The molecular formula is C19H30N6O3. The highest BCUT2D eigenvalue weighted by atomic mass is 16.6. The quantitative estimate of drug-likeness (QED) is 0.813. The highest BCUT2D eigenvalue weighted by Gasteiger charge is 2.28. The van der Waals surface area contributed by atoms with E-state index in [1.165, 1.54) is 0 Å². The fourth-order valence-corrected chi connectivity index (χ4v) is 3.74. The van der Waals surface area contributed by atoms with Gasteiger partial charge in [-0.05, 0) is 31.7 Å². The van der Waals surface area contributed by atoms with Crippen LogP contribution in [0.5, 0.6) is 0 Å². The van der Waals surface area contributed by atoms with Crippen LogP contribution in [0.2, 0.25) is 0 Å². The van der Waals surface area contributed by atoms with Crippen molar-refractivity contribution in [2.45, 2.75) is 26.2 Å². The zero-order valence-corrected chi connectivity index (χ0v) is 16.8. The number of hydrogen-bond acceptors (Lipinski definition) is 7. The normalized spacial score (nSPS) is 18.1. The number of aromatic nitrogens is 2. The van der Waals surface area contributed by atoms with E-state index in [-0.39, 0.29) is 12.0 Å². The first-order valence-electron chi connectivity index (χ1n) is 10.1. The molecule has 0 aromatic carbocycles. The molecular weight excluding hydrogens is 360 g/mol. The minimum absolute atomic E-state index is 0.196. The molecule has 2 aliphatic heterocycles. The number of nitrogens with one attached hydrogen (secondary N) is 1. The Labute approximate surface area is 166 Å². The zero-order chi connectivity index (χ0) is 19.9. The summed E-state index contributed by atoms with van der Waals surface area (Å²) in [6.07, 6.45) is 4.02. The number of anilines is 2. The summed E-state index contributed by atoms with van der Waals surface area (Å²) in [6, 6.07) is 1.93. The first kappa shape index (κ1) is 20.2. The lowest BCUT2D eigenvalue weighted by molar-refractivity contribution is -0.134. The highest BCUT2D eigenvalue weighted by Crippen LogP contribution is 2.25. The van der Waals surface area contributed by atoms with Crippen molar-refractivity contribution < 1.29 is 14.3 Å². The van der Waals surface area contributed by atoms with Crippen molar-refractivity contribution in [1.29, 1.82) is 0 Å². The second-order valence-electron chi connectivity index (χ2n) is 7.19. The van der Waals surface area contributed by atoms with Crippen molar-refractivity contribution in [2.75, 3.05) is 63.1 Å². The van der Waals surface area contributed by atoms with Gasteiger partial charge in [0, 0.05) is 58.9 Å². The smallest absolute Gasteiger partial charge is 0.409 e. The lowest BCUT2D eigenvalue weighted by Gasteiger charge is -2.36.